The molecule has 0 aromatic heterocycles. The van der Waals surface area contributed by atoms with Crippen LogP contribution in [0.2, 0.25) is 0 Å². The van der Waals surface area contributed by atoms with E-state index in [4.69, 9.17) is 0 Å². The van der Waals surface area contributed by atoms with Gasteiger partial charge in [0.1, 0.15) is 12.2 Å². The first-order chi connectivity index (χ1) is 27.0. The molecule has 0 aromatic carbocycles. The van der Waals surface area contributed by atoms with E-state index >= 15 is 0 Å². The van der Waals surface area contributed by atoms with Crippen LogP contribution < -0.4 is 5.32 Å². The smallest absolute Gasteiger partial charge is 0.249 e. The van der Waals surface area contributed by atoms with Gasteiger partial charge in [0, 0.05) is 0 Å². The van der Waals surface area contributed by atoms with Crippen LogP contribution in [0.3, 0.4) is 0 Å². The minimum atomic E-state index is -1.29. The Morgan fingerprint density at radius 2 is 0.800 bits per heavy atom. The maximum atomic E-state index is 12.5. The number of unbranched alkanes of at least 4 members (excludes halogenated alkanes) is 25. The van der Waals surface area contributed by atoms with Gasteiger partial charge in [-0.1, -0.05) is 191 Å². The van der Waals surface area contributed by atoms with E-state index in [1.807, 2.05) is 0 Å². The molecule has 6 heteroatoms. The van der Waals surface area contributed by atoms with E-state index in [0.29, 0.717) is 19.3 Å². The molecule has 0 saturated carbocycles. The van der Waals surface area contributed by atoms with Crippen molar-refractivity contribution in [2.45, 2.75) is 250 Å². The molecule has 0 fully saturated rings. The Bertz CT molecular complexity index is 915. The summed E-state index contributed by atoms with van der Waals surface area (Å²) in [6.45, 7) is 3.97. The van der Waals surface area contributed by atoms with E-state index in [-0.39, 0.29) is 0 Å². The fourth-order valence-electron chi connectivity index (χ4n) is 6.97. The normalized spacial score (nSPS) is 14.5. The van der Waals surface area contributed by atoms with Crippen LogP contribution in [0.5, 0.6) is 0 Å². The first kappa shape index (κ1) is 53.3. The topological polar surface area (TPSA) is 110 Å². The number of hydrogen-bond donors (Lipinski definition) is 5. The highest BCUT2D eigenvalue weighted by Gasteiger charge is 2.28. The zero-order chi connectivity index (χ0) is 40.3. The lowest BCUT2D eigenvalue weighted by Crippen LogP contribution is -2.53. The van der Waals surface area contributed by atoms with Crippen LogP contribution in [0.1, 0.15) is 226 Å². The number of hydrogen-bond acceptors (Lipinski definition) is 5. The molecular weight excluding hydrogens is 683 g/mol. The van der Waals surface area contributed by atoms with Gasteiger partial charge in [0.2, 0.25) is 5.91 Å². The molecule has 0 rings (SSSR count). The summed E-state index contributed by atoms with van der Waals surface area (Å²) in [5, 5.41) is 43.6. The van der Waals surface area contributed by atoms with Crippen LogP contribution in [-0.4, -0.2) is 57.3 Å². The third-order valence-electron chi connectivity index (χ3n) is 10.7. The Hall–Kier alpha value is -1.73. The van der Waals surface area contributed by atoms with E-state index in [2.05, 4.69) is 67.8 Å². The average molecular weight is 774 g/mol. The minimum absolute atomic E-state index is 0.355. The molecule has 0 radical (unpaired) electrons. The number of amides is 1. The summed E-state index contributed by atoms with van der Waals surface area (Å²) in [5.74, 6) is -0.602. The van der Waals surface area contributed by atoms with Crippen LogP contribution >= 0.6 is 0 Å². The molecular formula is C49H91NO5. The summed E-state index contributed by atoms with van der Waals surface area (Å²) in [5.41, 5.74) is 0. The summed E-state index contributed by atoms with van der Waals surface area (Å²) >= 11 is 0. The molecule has 4 unspecified atom stereocenters. The van der Waals surface area contributed by atoms with Crippen molar-refractivity contribution in [3.05, 3.63) is 48.6 Å². The Morgan fingerprint density at radius 3 is 1.22 bits per heavy atom. The largest absolute Gasteiger partial charge is 0.394 e. The van der Waals surface area contributed by atoms with E-state index < -0.39 is 36.9 Å². The van der Waals surface area contributed by atoms with Gasteiger partial charge in [0.15, 0.2) is 0 Å². The predicted molar refractivity (Wildman–Crippen MR) is 237 cm³/mol. The summed E-state index contributed by atoms with van der Waals surface area (Å²) in [7, 11) is 0. The van der Waals surface area contributed by atoms with Crippen molar-refractivity contribution in [2.24, 2.45) is 0 Å². The third-order valence-corrected chi connectivity index (χ3v) is 10.7. The summed E-state index contributed by atoms with van der Waals surface area (Å²) in [6.07, 6.45) is 53.0. The molecule has 0 spiro atoms. The van der Waals surface area contributed by atoms with Crippen molar-refractivity contribution in [2.75, 3.05) is 6.61 Å². The van der Waals surface area contributed by atoms with Crippen LogP contribution in [-0.2, 0) is 4.79 Å². The highest BCUT2D eigenvalue weighted by molar-refractivity contribution is 5.80. The molecule has 6 nitrogen and oxygen atoms in total. The Kier molecular flexibility index (Phi) is 42.0. The Labute approximate surface area is 340 Å². The van der Waals surface area contributed by atoms with Gasteiger partial charge in [0.05, 0.1) is 18.8 Å². The van der Waals surface area contributed by atoms with Crippen LogP contribution in [0, 0.1) is 0 Å². The summed E-state index contributed by atoms with van der Waals surface area (Å²) in [4.78, 5) is 12.5. The molecule has 0 aliphatic heterocycles. The van der Waals surface area contributed by atoms with Gasteiger partial charge in [-0.25, -0.2) is 0 Å². The van der Waals surface area contributed by atoms with Crippen molar-refractivity contribution in [1.29, 1.82) is 0 Å². The number of nitrogens with one attached hydrogen (secondary N) is 1. The van der Waals surface area contributed by atoms with E-state index in [1.54, 1.807) is 0 Å². The van der Waals surface area contributed by atoms with Crippen LogP contribution in [0.25, 0.3) is 0 Å². The molecule has 0 aliphatic rings. The van der Waals surface area contributed by atoms with Gasteiger partial charge in [-0.3, -0.25) is 4.79 Å². The number of aliphatic hydroxyl groups excluding tert-OH is 4. The lowest BCUT2D eigenvalue weighted by atomic mass is 10.00. The lowest BCUT2D eigenvalue weighted by Gasteiger charge is -2.27. The van der Waals surface area contributed by atoms with Crippen molar-refractivity contribution < 1.29 is 25.2 Å². The molecule has 5 N–H and O–H groups in total. The monoisotopic (exact) mass is 774 g/mol. The van der Waals surface area contributed by atoms with Gasteiger partial charge < -0.3 is 25.7 Å². The molecule has 322 valence electrons. The maximum Gasteiger partial charge on any atom is 0.249 e. The number of rotatable bonds is 42. The third kappa shape index (κ3) is 37.6. The molecule has 0 aromatic rings. The minimum Gasteiger partial charge on any atom is -0.394 e. The fourth-order valence-corrected chi connectivity index (χ4v) is 6.97. The number of aliphatic hydroxyl groups is 4. The molecule has 1 amide bonds. The second-order valence-electron chi connectivity index (χ2n) is 16.1. The molecule has 0 aliphatic carbocycles. The average Bonchev–Trinajstić information content (AvgIpc) is 3.19. The van der Waals surface area contributed by atoms with Crippen molar-refractivity contribution in [3.8, 4) is 0 Å². The summed E-state index contributed by atoms with van der Waals surface area (Å²) < 4.78 is 0. The van der Waals surface area contributed by atoms with Crippen LogP contribution in [0.4, 0.5) is 0 Å². The fraction of sp³-hybridized carbons (Fsp3) is 0.816. The highest BCUT2D eigenvalue weighted by atomic mass is 16.3. The SMILES string of the molecule is CCC/C=C/CC/C=C/CC/C=C/CCCC(O)C(O)C(CO)NC(=O)C(O)CCCCCCCCCCC/C=C\CCCCCCCCCCCCCC. The molecule has 0 heterocycles. The van der Waals surface area contributed by atoms with Crippen LogP contribution in [0.15, 0.2) is 48.6 Å². The van der Waals surface area contributed by atoms with E-state index in [1.165, 1.54) is 135 Å². The van der Waals surface area contributed by atoms with Crippen molar-refractivity contribution in [1.82, 2.24) is 5.32 Å². The molecule has 0 bridgehead atoms. The van der Waals surface area contributed by atoms with Crippen molar-refractivity contribution in [3.63, 3.8) is 0 Å². The molecule has 0 saturated heterocycles. The molecule has 4 atom stereocenters. The number of allylic oxidation sites excluding steroid dienone is 8. The van der Waals surface area contributed by atoms with Gasteiger partial charge in [0.25, 0.3) is 0 Å². The zero-order valence-corrected chi connectivity index (χ0v) is 36.2. The van der Waals surface area contributed by atoms with Gasteiger partial charge in [-0.2, -0.15) is 0 Å². The lowest BCUT2D eigenvalue weighted by molar-refractivity contribution is -0.132. The second-order valence-corrected chi connectivity index (χ2v) is 16.1. The first-order valence-electron chi connectivity index (χ1n) is 23.5. The Morgan fingerprint density at radius 1 is 0.436 bits per heavy atom. The standard InChI is InChI=1S/C49H91NO5/c1-3-5-7-9-11-13-15-17-19-20-21-22-23-24-25-26-27-28-29-31-33-35-37-39-41-43-47(53)49(55)50-45(44-51)48(54)46(52)42-40-38-36-34-32-30-18-16-14-12-10-8-6-4-2/h8,10,16,18,24-25,34,36,45-48,51-54H,3-7,9,11-15,17,19-23,26-33,35,37-44H2,1-2H3,(H,50,55)/b10-8+,18-16+,25-24-,36-34+. The second kappa shape index (κ2) is 43.4. The van der Waals surface area contributed by atoms with Gasteiger partial charge in [-0.05, 0) is 83.5 Å². The number of carbonyl (C=O) groups is 1. The van der Waals surface area contributed by atoms with Crippen molar-refractivity contribution >= 4 is 5.91 Å². The highest BCUT2D eigenvalue weighted by Crippen LogP contribution is 2.15. The summed E-state index contributed by atoms with van der Waals surface area (Å²) in [6, 6.07) is -1.01. The van der Waals surface area contributed by atoms with Gasteiger partial charge >= 0.3 is 0 Å². The van der Waals surface area contributed by atoms with E-state index in [0.717, 1.165) is 57.8 Å². The quantitative estimate of drug-likeness (QED) is 0.0313. The Balaban J connectivity index is 3.72. The number of carbonyl (C=O) groups excluding carboxylic acids is 1. The first-order valence-corrected chi connectivity index (χ1v) is 23.5. The maximum absolute atomic E-state index is 12.5. The van der Waals surface area contributed by atoms with Gasteiger partial charge in [-0.15, -0.1) is 0 Å². The zero-order valence-electron chi connectivity index (χ0n) is 36.2. The predicted octanol–water partition coefficient (Wildman–Crippen LogP) is 12.7. The van der Waals surface area contributed by atoms with E-state index in [9.17, 15) is 25.2 Å². The molecule has 55 heavy (non-hydrogen) atoms.